The maximum atomic E-state index is 11.6. The Kier molecular flexibility index (Phi) is 7.36. The van der Waals surface area contributed by atoms with E-state index in [0.29, 0.717) is 17.8 Å². The van der Waals surface area contributed by atoms with E-state index in [2.05, 4.69) is 42.3 Å². The van der Waals surface area contributed by atoms with Gasteiger partial charge in [0.25, 0.3) is 0 Å². The number of ether oxygens (including phenoxy) is 1. The summed E-state index contributed by atoms with van der Waals surface area (Å²) in [6, 6.07) is 6.59. The third kappa shape index (κ3) is 4.92. The molecule has 1 aromatic rings. The summed E-state index contributed by atoms with van der Waals surface area (Å²) in [5, 5.41) is 3.03. The van der Waals surface area contributed by atoms with E-state index in [1.54, 1.807) is 7.11 Å². The number of hydrogen-bond donors (Lipinski definition) is 1. The Balaban J connectivity index is 0.00000243. The van der Waals surface area contributed by atoms with Gasteiger partial charge in [-0.15, -0.1) is 12.4 Å². The fourth-order valence-electron chi connectivity index (χ4n) is 4.27. The zero-order valence-corrected chi connectivity index (χ0v) is 17.2. The minimum atomic E-state index is 0. The van der Waals surface area contributed by atoms with Gasteiger partial charge >= 0.3 is 0 Å². The van der Waals surface area contributed by atoms with Crippen molar-refractivity contribution in [2.24, 2.45) is 5.41 Å². The zero-order chi connectivity index (χ0) is 17.9. The number of likely N-dealkylation sites (tertiary alicyclic amines) is 1. The number of amides is 1. The van der Waals surface area contributed by atoms with E-state index in [-0.39, 0.29) is 18.3 Å². The van der Waals surface area contributed by atoms with E-state index >= 15 is 0 Å². The number of piperidine rings is 1. The van der Waals surface area contributed by atoms with Crippen LogP contribution in [0.4, 0.5) is 0 Å². The van der Waals surface area contributed by atoms with Crippen molar-refractivity contribution in [3.63, 3.8) is 0 Å². The normalized spacial score (nSPS) is 20.4. The van der Waals surface area contributed by atoms with Crippen LogP contribution in [0.3, 0.4) is 0 Å². The predicted molar refractivity (Wildman–Crippen MR) is 108 cm³/mol. The highest BCUT2D eigenvalue weighted by molar-refractivity contribution is 5.85. The van der Waals surface area contributed by atoms with Crippen molar-refractivity contribution in [3.05, 3.63) is 29.3 Å². The van der Waals surface area contributed by atoms with Crippen LogP contribution in [0.15, 0.2) is 18.2 Å². The predicted octanol–water partition coefficient (Wildman–Crippen LogP) is 4.12. The number of methoxy groups -OCH3 is 1. The topological polar surface area (TPSA) is 41.6 Å². The molecule has 2 aliphatic rings. The minimum absolute atomic E-state index is 0. The van der Waals surface area contributed by atoms with Crippen molar-refractivity contribution in [1.82, 2.24) is 10.2 Å². The molecule has 2 fully saturated rings. The average molecular weight is 381 g/mol. The van der Waals surface area contributed by atoms with Crippen LogP contribution in [0.5, 0.6) is 5.75 Å². The van der Waals surface area contributed by atoms with Crippen LogP contribution in [0.2, 0.25) is 0 Å². The first-order valence-electron chi connectivity index (χ1n) is 9.67. The van der Waals surface area contributed by atoms with E-state index in [1.807, 2.05) is 0 Å². The number of halogens is 1. The van der Waals surface area contributed by atoms with Gasteiger partial charge < -0.3 is 10.1 Å². The molecule has 0 unspecified atom stereocenters. The Bertz CT molecular complexity index is 610. The summed E-state index contributed by atoms with van der Waals surface area (Å²) < 4.78 is 5.59. The van der Waals surface area contributed by atoms with E-state index in [9.17, 15) is 4.79 Å². The van der Waals surface area contributed by atoms with E-state index < -0.39 is 0 Å². The van der Waals surface area contributed by atoms with Crippen LogP contribution in [0.1, 0.15) is 63.0 Å². The van der Waals surface area contributed by atoms with Gasteiger partial charge in [-0.3, -0.25) is 9.69 Å². The average Bonchev–Trinajstić information content (AvgIpc) is 2.79. The summed E-state index contributed by atoms with van der Waals surface area (Å²) >= 11 is 0. The Hall–Kier alpha value is -1.26. The molecule has 5 heteroatoms. The number of hydrogen-bond acceptors (Lipinski definition) is 3. The second kappa shape index (κ2) is 9.09. The van der Waals surface area contributed by atoms with Crippen molar-refractivity contribution in [2.75, 3.05) is 26.7 Å². The van der Waals surface area contributed by atoms with Crippen molar-refractivity contribution in [1.29, 1.82) is 0 Å². The quantitative estimate of drug-likeness (QED) is 0.854. The van der Waals surface area contributed by atoms with Crippen LogP contribution >= 0.6 is 12.4 Å². The summed E-state index contributed by atoms with van der Waals surface area (Å²) in [5.74, 6) is 1.76. The summed E-state index contributed by atoms with van der Waals surface area (Å²) in [5.41, 5.74) is 3.04. The summed E-state index contributed by atoms with van der Waals surface area (Å²) in [6.45, 7) is 8.50. The van der Waals surface area contributed by atoms with Gasteiger partial charge in [0.2, 0.25) is 5.91 Å². The number of nitrogens with one attached hydrogen (secondary N) is 1. The van der Waals surface area contributed by atoms with Crippen molar-refractivity contribution >= 4 is 18.3 Å². The third-order valence-electron chi connectivity index (χ3n) is 6.14. The van der Waals surface area contributed by atoms with Crippen molar-refractivity contribution < 1.29 is 9.53 Å². The Morgan fingerprint density at radius 1 is 1.19 bits per heavy atom. The molecule has 3 rings (SSSR count). The van der Waals surface area contributed by atoms with Gasteiger partial charge in [0.1, 0.15) is 5.75 Å². The fraction of sp³-hybridized carbons (Fsp3) is 0.667. The number of carbonyl (C=O) groups is 1. The highest BCUT2D eigenvalue weighted by Gasteiger charge is 2.36. The summed E-state index contributed by atoms with van der Waals surface area (Å²) in [4.78, 5) is 14.2. The van der Waals surface area contributed by atoms with Crippen LogP contribution in [0.25, 0.3) is 0 Å². The molecule has 1 spiro atoms. The Morgan fingerprint density at radius 3 is 2.58 bits per heavy atom. The molecule has 0 atom stereocenters. The molecule has 2 heterocycles. The molecule has 4 nitrogen and oxygen atoms in total. The molecule has 0 radical (unpaired) electrons. The van der Waals surface area contributed by atoms with Gasteiger partial charge in [-0.05, 0) is 61.7 Å². The number of nitrogens with zero attached hydrogens (tertiary/aromatic N) is 1. The SMILES string of the molecule is COc1ccc(C(C)C)cc1CN1CCC2(CCNC(=O)CC2)CC1.Cl. The fourth-order valence-corrected chi connectivity index (χ4v) is 4.27. The van der Waals surface area contributed by atoms with Gasteiger partial charge in [0, 0.05) is 25.1 Å². The standard InChI is InChI=1S/C21H32N2O2.ClH/c1-16(2)17-4-5-19(25-3)18(14-17)15-23-12-9-21(10-13-23)7-6-20(24)22-11-8-21;/h4-5,14,16H,6-13,15H2,1-3H3,(H,22,24);1H. The largest absolute Gasteiger partial charge is 0.496 e. The lowest BCUT2D eigenvalue weighted by Crippen LogP contribution is -2.40. The minimum Gasteiger partial charge on any atom is -0.496 e. The molecule has 0 saturated carbocycles. The third-order valence-corrected chi connectivity index (χ3v) is 6.14. The molecule has 1 aromatic carbocycles. The molecule has 2 saturated heterocycles. The van der Waals surface area contributed by atoms with Crippen molar-refractivity contribution in [3.8, 4) is 5.75 Å². The lowest BCUT2D eigenvalue weighted by atomic mass is 9.73. The van der Waals surface area contributed by atoms with Crippen molar-refractivity contribution in [2.45, 2.75) is 58.4 Å². The molecule has 26 heavy (non-hydrogen) atoms. The first kappa shape index (κ1) is 21.0. The lowest BCUT2D eigenvalue weighted by Gasteiger charge is -2.41. The van der Waals surface area contributed by atoms with Gasteiger partial charge in [-0.2, -0.15) is 0 Å². The summed E-state index contributed by atoms with van der Waals surface area (Å²) in [6.07, 6.45) is 5.30. The smallest absolute Gasteiger partial charge is 0.220 e. The molecular formula is C21H33ClN2O2. The van der Waals surface area contributed by atoms with Gasteiger partial charge in [-0.1, -0.05) is 26.0 Å². The molecular weight excluding hydrogens is 348 g/mol. The lowest BCUT2D eigenvalue weighted by molar-refractivity contribution is -0.121. The first-order valence-corrected chi connectivity index (χ1v) is 9.67. The Labute approximate surface area is 164 Å². The monoisotopic (exact) mass is 380 g/mol. The number of benzene rings is 1. The molecule has 0 bridgehead atoms. The molecule has 0 aliphatic carbocycles. The van der Waals surface area contributed by atoms with E-state index in [1.165, 1.54) is 24.0 Å². The van der Waals surface area contributed by atoms with Crippen LogP contribution in [-0.2, 0) is 11.3 Å². The number of rotatable bonds is 4. The molecule has 1 amide bonds. The summed E-state index contributed by atoms with van der Waals surface area (Å²) in [7, 11) is 1.76. The second-order valence-electron chi connectivity index (χ2n) is 8.10. The van der Waals surface area contributed by atoms with Crippen LogP contribution < -0.4 is 10.1 Å². The van der Waals surface area contributed by atoms with Gasteiger partial charge in [0.15, 0.2) is 0 Å². The number of carbonyl (C=O) groups excluding carboxylic acids is 1. The van der Waals surface area contributed by atoms with Crippen LogP contribution in [0, 0.1) is 5.41 Å². The van der Waals surface area contributed by atoms with Crippen LogP contribution in [-0.4, -0.2) is 37.6 Å². The zero-order valence-electron chi connectivity index (χ0n) is 16.3. The van der Waals surface area contributed by atoms with E-state index in [0.717, 1.165) is 44.8 Å². The highest BCUT2D eigenvalue weighted by Crippen LogP contribution is 2.40. The van der Waals surface area contributed by atoms with E-state index in [4.69, 9.17) is 4.74 Å². The molecule has 2 aliphatic heterocycles. The van der Waals surface area contributed by atoms with Gasteiger partial charge in [-0.25, -0.2) is 0 Å². The Morgan fingerprint density at radius 2 is 1.92 bits per heavy atom. The molecule has 146 valence electrons. The molecule has 0 aromatic heterocycles. The highest BCUT2D eigenvalue weighted by atomic mass is 35.5. The maximum absolute atomic E-state index is 11.6. The maximum Gasteiger partial charge on any atom is 0.220 e. The first-order chi connectivity index (χ1) is 12.0. The second-order valence-corrected chi connectivity index (χ2v) is 8.10. The molecule has 1 N–H and O–H groups in total. The van der Waals surface area contributed by atoms with Gasteiger partial charge in [0.05, 0.1) is 7.11 Å².